The van der Waals surface area contributed by atoms with Crippen molar-refractivity contribution in [3.8, 4) is 5.75 Å². The Labute approximate surface area is 174 Å². The molecule has 4 heteroatoms. The standard InChI is InChI=1S/C25H32O4/c1-6-11-22(25(5,27)16-23(26)28-7-2)21-15-14-18(3)24(19(21)4)29-17-20-12-9-8-10-13-20/h8-15,27H,6-7,16-17H2,1-5H3/b22-11-. The van der Waals surface area contributed by atoms with Crippen LogP contribution >= 0.6 is 0 Å². The second-order valence-corrected chi connectivity index (χ2v) is 7.44. The summed E-state index contributed by atoms with van der Waals surface area (Å²) in [4.78, 5) is 12.0. The molecule has 0 aliphatic rings. The average molecular weight is 397 g/mol. The van der Waals surface area contributed by atoms with Crippen LogP contribution in [0.2, 0.25) is 0 Å². The second-order valence-electron chi connectivity index (χ2n) is 7.44. The Bertz CT molecular complexity index is 851. The van der Waals surface area contributed by atoms with E-state index in [9.17, 15) is 9.90 Å². The van der Waals surface area contributed by atoms with E-state index < -0.39 is 11.6 Å². The number of rotatable bonds is 9. The number of ether oxygens (including phenoxy) is 2. The van der Waals surface area contributed by atoms with Crippen molar-refractivity contribution in [1.82, 2.24) is 0 Å². The molecule has 1 unspecified atom stereocenters. The molecule has 2 rings (SSSR count). The zero-order chi connectivity index (χ0) is 21.4. The first-order valence-corrected chi connectivity index (χ1v) is 10.2. The molecule has 0 aromatic heterocycles. The summed E-state index contributed by atoms with van der Waals surface area (Å²) < 4.78 is 11.2. The van der Waals surface area contributed by atoms with Crippen molar-refractivity contribution in [3.63, 3.8) is 0 Å². The Hall–Kier alpha value is -2.59. The molecule has 1 N–H and O–H groups in total. The van der Waals surface area contributed by atoms with E-state index in [0.717, 1.165) is 40.0 Å². The molecule has 0 radical (unpaired) electrons. The van der Waals surface area contributed by atoms with Crippen molar-refractivity contribution in [2.75, 3.05) is 6.61 Å². The minimum Gasteiger partial charge on any atom is -0.488 e. The molecule has 0 saturated heterocycles. The molecule has 0 bridgehead atoms. The normalized spacial score (nSPS) is 13.7. The first-order valence-electron chi connectivity index (χ1n) is 10.2. The third kappa shape index (κ3) is 5.94. The highest BCUT2D eigenvalue weighted by molar-refractivity contribution is 5.81. The minimum atomic E-state index is -1.33. The Morgan fingerprint density at radius 2 is 1.79 bits per heavy atom. The summed E-state index contributed by atoms with van der Waals surface area (Å²) in [5, 5.41) is 11.1. The van der Waals surface area contributed by atoms with Gasteiger partial charge in [-0.25, -0.2) is 0 Å². The molecule has 156 valence electrons. The van der Waals surface area contributed by atoms with Crippen LogP contribution < -0.4 is 4.74 Å². The first-order chi connectivity index (χ1) is 13.8. The van der Waals surface area contributed by atoms with Gasteiger partial charge in [-0.2, -0.15) is 0 Å². The van der Waals surface area contributed by atoms with E-state index in [1.165, 1.54) is 0 Å². The molecule has 29 heavy (non-hydrogen) atoms. The molecule has 2 aromatic rings. The van der Waals surface area contributed by atoms with E-state index >= 15 is 0 Å². The lowest BCUT2D eigenvalue weighted by molar-refractivity contribution is -0.146. The van der Waals surface area contributed by atoms with Gasteiger partial charge in [-0.1, -0.05) is 55.5 Å². The molecule has 4 nitrogen and oxygen atoms in total. The van der Waals surface area contributed by atoms with Gasteiger partial charge in [0, 0.05) is 0 Å². The summed E-state index contributed by atoms with van der Waals surface area (Å²) in [7, 11) is 0. The smallest absolute Gasteiger partial charge is 0.309 e. The van der Waals surface area contributed by atoms with Crippen LogP contribution in [0.3, 0.4) is 0 Å². The van der Waals surface area contributed by atoms with Crippen molar-refractivity contribution in [1.29, 1.82) is 0 Å². The number of carbonyl (C=O) groups excluding carboxylic acids is 1. The Kier molecular flexibility index (Phi) is 8.03. The number of aliphatic hydroxyl groups is 1. The van der Waals surface area contributed by atoms with Crippen molar-refractivity contribution in [3.05, 3.63) is 70.8 Å². The van der Waals surface area contributed by atoms with Crippen LogP contribution in [0.4, 0.5) is 0 Å². The summed E-state index contributed by atoms with van der Waals surface area (Å²) in [5.74, 6) is 0.394. The average Bonchev–Trinajstić information content (AvgIpc) is 2.67. The highest BCUT2D eigenvalue weighted by atomic mass is 16.5. The molecule has 0 fully saturated rings. The van der Waals surface area contributed by atoms with Gasteiger partial charge >= 0.3 is 5.97 Å². The lowest BCUT2D eigenvalue weighted by atomic mass is 9.83. The first kappa shape index (κ1) is 22.7. The summed E-state index contributed by atoms with van der Waals surface area (Å²) in [5.41, 5.74) is 3.34. The summed E-state index contributed by atoms with van der Waals surface area (Å²) >= 11 is 0. The molecule has 0 spiro atoms. The maximum Gasteiger partial charge on any atom is 0.309 e. The van der Waals surface area contributed by atoms with Gasteiger partial charge in [0.2, 0.25) is 0 Å². The second kappa shape index (κ2) is 10.3. The Balaban J connectivity index is 2.37. The minimum absolute atomic E-state index is 0.0970. The maximum atomic E-state index is 12.0. The zero-order valence-corrected chi connectivity index (χ0v) is 18.1. The van der Waals surface area contributed by atoms with Crippen LogP contribution in [0.25, 0.3) is 5.57 Å². The van der Waals surface area contributed by atoms with Gasteiger partial charge in [-0.3, -0.25) is 4.79 Å². The van der Waals surface area contributed by atoms with E-state index in [2.05, 4.69) is 0 Å². The van der Waals surface area contributed by atoms with Crippen molar-refractivity contribution in [2.24, 2.45) is 0 Å². The fourth-order valence-corrected chi connectivity index (χ4v) is 3.48. The number of aryl methyl sites for hydroxylation is 1. The van der Waals surface area contributed by atoms with Gasteiger partial charge in [0.05, 0.1) is 18.6 Å². The van der Waals surface area contributed by atoms with Crippen molar-refractivity contribution < 1.29 is 19.4 Å². The predicted octanol–water partition coefficient (Wildman–Crippen LogP) is 5.38. The number of hydrogen-bond acceptors (Lipinski definition) is 4. The Morgan fingerprint density at radius 1 is 1.10 bits per heavy atom. The molecule has 2 aromatic carbocycles. The SMILES string of the molecule is CC/C=C(/c1ccc(C)c(OCc2ccccc2)c1C)C(C)(O)CC(=O)OCC. The van der Waals surface area contributed by atoms with Crippen LogP contribution in [-0.2, 0) is 16.1 Å². The topological polar surface area (TPSA) is 55.8 Å². The van der Waals surface area contributed by atoms with Gasteiger partial charge < -0.3 is 14.6 Å². The zero-order valence-electron chi connectivity index (χ0n) is 18.1. The van der Waals surface area contributed by atoms with Gasteiger partial charge in [-0.05, 0) is 61.9 Å². The third-order valence-corrected chi connectivity index (χ3v) is 4.90. The molecule has 0 saturated carbocycles. The highest BCUT2D eigenvalue weighted by Crippen LogP contribution is 2.37. The third-order valence-electron chi connectivity index (χ3n) is 4.90. The quantitative estimate of drug-likeness (QED) is 0.578. The fourth-order valence-electron chi connectivity index (χ4n) is 3.48. The fraction of sp³-hybridized carbons (Fsp3) is 0.400. The predicted molar refractivity (Wildman–Crippen MR) is 117 cm³/mol. The van der Waals surface area contributed by atoms with Crippen molar-refractivity contribution >= 4 is 11.5 Å². The van der Waals surface area contributed by atoms with Gasteiger partial charge in [0.15, 0.2) is 0 Å². The summed E-state index contributed by atoms with van der Waals surface area (Å²) in [6.45, 7) is 10.2. The van der Waals surface area contributed by atoms with Crippen LogP contribution in [0.5, 0.6) is 5.75 Å². The maximum absolute atomic E-state index is 12.0. The number of benzene rings is 2. The van der Waals surface area contributed by atoms with Crippen LogP contribution in [-0.4, -0.2) is 23.3 Å². The van der Waals surface area contributed by atoms with Crippen LogP contribution in [0.15, 0.2) is 48.5 Å². The van der Waals surface area contributed by atoms with E-state index in [-0.39, 0.29) is 6.42 Å². The largest absolute Gasteiger partial charge is 0.488 e. The number of allylic oxidation sites excluding steroid dienone is 1. The number of carbonyl (C=O) groups is 1. The van der Waals surface area contributed by atoms with Gasteiger partial charge in [0.1, 0.15) is 12.4 Å². The molecule has 0 aliphatic carbocycles. The summed E-state index contributed by atoms with van der Waals surface area (Å²) in [6, 6.07) is 14.0. The monoisotopic (exact) mass is 396 g/mol. The van der Waals surface area contributed by atoms with Gasteiger partial charge in [0.25, 0.3) is 0 Å². The molecular weight excluding hydrogens is 364 g/mol. The van der Waals surface area contributed by atoms with E-state index in [0.29, 0.717) is 13.2 Å². The molecule has 0 aliphatic heterocycles. The molecular formula is C25H32O4. The highest BCUT2D eigenvalue weighted by Gasteiger charge is 2.32. The molecule has 0 amide bonds. The summed E-state index contributed by atoms with van der Waals surface area (Å²) in [6.07, 6.45) is 2.61. The van der Waals surface area contributed by atoms with Crippen LogP contribution in [0, 0.1) is 13.8 Å². The number of esters is 1. The van der Waals surface area contributed by atoms with Crippen molar-refractivity contribution in [2.45, 2.75) is 59.7 Å². The van der Waals surface area contributed by atoms with Gasteiger partial charge in [-0.15, -0.1) is 0 Å². The van der Waals surface area contributed by atoms with E-state index in [4.69, 9.17) is 9.47 Å². The Morgan fingerprint density at radius 3 is 2.41 bits per heavy atom. The molecule has 0 heterocycles. The number of hydrogen-bond donors (Lipinski definition) is 1. The lowest BCUT2D eigenvalue weighted by Gasteiger charge is -2.28. The van der Waals surface area contributed by atoms with E-state index in [1.54, 1.807) is 13.8 Å². The molecule has 1 atom stereocenters. The lowest BCUT2D eigenvalue weighted by Crippen LogP contribution is -2.31. The van der Waals surface area contributed by atoms with E-state index in [1.807, 2.05) is 69.3 Å². The van der Waals surface area contributed by atoms with Crippen LogP contribution in [0.1, 0.15) is 55.9 Å².